The SMILES string of the molecule is Cc1cc2c(cc(C)n2Cc2cc(C(F)F)no2)nc1NC(=O)C[C@@]1(C)CC1(F)F. The summed E-state index contributed by atoms with van der Waals surface area (Å²) in [6.45, 7) is 5.15. The summed E-state index contributed by atoms with van der Waals surface area (Å²) < 4.78 is 59.1. The van der Waals surface area contributed by atoms with Crippen molar-refractivity contribution in [1.82, 2.24) is 14.7 Å². The van der Waals surface area contributed by atoms with E-state index in [1.165, 1.54) is 13.0 Å². The molecule has 3 aromatic heterocycles. The lowest BCUT2D eigenvalue weighted by molar-refractivity contribution is -0.118. The molecular weight excluding hydrogens is 404 g/mol. The van der Waals surface area contributed by atoms with Gasteiger partial charge < -0.3 is 14.4 Å². The highest BCUT2D eigenvalue weighted by Gasteiger charge is 2.68. The van der Waals surface area contributed by atoms with Crippen molar-refractivity contribution in [2.45, 2.75) is 52.5 Å². The Bertz CT molecular complexity index is 1140. The van der Waals surface area contributed by atoms with Crippen molar-refractivity contribution in [1.29, 1.82) is 0 Å². The van der Waals surface area contributed by atoms with Crippen molar-refractivity contribution in [2.75, 3.05) is 5.32 Å². The molecule has 160 valence electrons. The van der Waals surface area contributed by atoms with Crippen LogP contribution < -0.4 is 5.32 Å². The fraction of sp³-hybridized carbons (Fsp3) is 0.450. The first-order chi connectivity index (χ1) is 14.0. The van der Waals surface area contributed by atoms with E-state index in [1.807, 2.05) is 11.5 Å². The number of aromatic nitrogens is 3. The van der Waals surface area contributed by atoms with Crippen LogP contribution in [-0.4, -0.2) is 26.5 Å². The van der Waals surface area contributed by atoms with Gasteiger partial charge in [-0.25, -0.2) is 22.5 Å². The van der Waals surface area contributed by atoms with E-state index >= 15 is 0 Å². The van der Waals surface area contributed by atoms with Gasteiger partial charge in [-0.2, -0.15) is 0 Å². The third-order valence-corrected chi connectivity index (χ3v) is 5.58. The van der Waals surface area contributed by atoms with Gasteiger partial charge in [-0.1, -0.05) is 12.1 Å². The molecular formula is C20H20F4N4O2. The summed E-state index contributed by atoms with van der Waals surface area (Å²) >= 11 is 0. The van der Waals surface area contributed by atoms with E-state index in [9.17, 15) is 22.4 Å². The number of alkyl halides is 4. The largest absolute Gasteiger partial charge is 0.359 e. The third-order valence-electron chi connectivity index (χ3n) is 5.58. The zero-order chi connectivity index (χ0) is 21.8. The molecule has 1 aliphatic rings. The molecule has 1 N–H and O–H groups in total. The van der Waals surface area contributed by atoms with Crippen LogP contribution in [0.2, 0.25) is 0 Å². The van der Waals surface area contributed by atoms with Crippen molar-refractivity contribution in [3.05, 3.63) is 40.9 Å². The van der Waals surface area contributed by atoms with Gasteiger partial charge in [0.2, 0.25) is 5.91 Å². The predicted octanol–water partition coefficient (Wildman–Crippen LogP) is 5.00. The number of halogens is 4. The van der Waals surface area contributed by atoms with Crippen LogP contribution in [0.25, 0.3) is 11.0 Å². The summed E-state index contributed by atoms with van der Waals surface area (Å²) in [4.78, 5) is 16.7. The molecule has 0 aromatic carbocycles. The minimum Gasteiger partial charge on any atom is -0.359 e. The lowest BCUT2D eigenvalue weighted by Crippen LogP contribution is -2.20. The highest BCUT2D eigenvalue weighted by atomic mass is 19.3. The number of amides is 1. The molecule has 1 saturated carbocycles. The number of pyridine rings is 1. The van der Waals surface area contributed by atoms with Crippen molar-refractivity contribution in [2.24, 2.45) is 5.41 Å². The monoisotopic (exact) mass is 424 g/mol. The number of aryl methyl sites for hydroxylation is 2. The first-order valence-electron chi connectivity index (χ1n) is 9.38. The number of anilines is 1. The van der Waals surface area contributed by atoms with Crippen molar-refractivity contribution in [3.8, 4) is 0 Å². The molecule has 30 heavy (non-hydrogen) atoms. The van der Waals surface area contributed by atoms with Gasteiger partial charge in [0, 0.05) is 30.0 Å². The number of nitrogens with zero attached hydrogens (tertiary/aromatic N) is 3. The molecule has 6 nitrogen and oxygen atoms in total. The van der Waals surface area contributed by atoms with Crippen LogP contribution in [0.5, 0.6) is 0 Å². The Morgan fingerprint density at radius 1 is 1.30 bits per heavy atom. The Hall–Kier alpha value is -2.91. The van der Waals surface area contributed by atoms with E-state index in [4.69, 9.17) is 4.52 Å². The minimum atomic E-state index is -2.81. The van der Waals surface area contributed by atoms with E-state index in [0.717, 1.165) is 11.2 Å². The minimum absolute atomic E-state index is 0.190. The predicted molar refractivity (Wildman–Crippen MR) is 101 cm³/mol. The first kappa shape index (κ1) is 20.4. The number of fused-ring (bicyclic) bond motifs is 1. The maximum atomic E-state index is 13.4. The number of rotatable bonds is 6. The topological polar surface area (TPSA) is 73.0 Å². The molecule has 3 aromatic rings. The number of carbonyl (C=O) groups is 1. The van der Waals surface area contributed by atoms with Gasteiger partial charge in [-0.15, -0.1) is 0 Å². The van der Waals surface area contributed by atoms with E-state index in [0.29, 0.717) is 16.9 Å². The quantitative estimate of drug-likeness (QED) is 0.565. The second-order valence-electron chi connectivity index (χ2n) is 8.12. The molecule has 0 radical (unpaired) electrons. The third kappa shape index (κ3) is 3.54. The summed E-state index contributed by atoms with van der Waals surface area (Å²) in [5, 5.41) is 5.99. The Balaban J connectivity index is 1.56. The van der Waals surface area contributed by atoms with Crippen molar-refractivity contribution in [3.63, 3.8) is 0 Å². The van der Waals surface area contributed by atoms with Gasteiger partial charge in [-0.3, -0.25) is 4.79 Å². The molecule has 0 aliphatic heterocycles. The maximum Gasteiger partial charge on any atom is 0.283 e. The molecule has 1 aliphatic carbocycles. The number of hydrogen-bond donors (Lipinski definition) is 1. The van der Waals surface area contributed by atoms with Crippen molar-refractivity contribution >= 4 is 22.8 Å². The van der Waals surface area contributed by atoms with E-state index in [2.05, 4.69) is 15.5 Å². The normalized spacial score (nSPS) is 20.1. The zero-order valence-electron chi connectivity index (χ0n) is 16.6. The van der Waals surface area contributed by atoms with Gasteiger partial charge in [0.25, 0.3) is 12.3 Å². The van der Waals surface area contributed by atoms with Crippen LogP contribution in [0.3, 0.4) is 0 Å². The van der Waals surface area contributed by atoms with Gasteiger partial charge in [-0.05, 0) is 31.5 Å². The van der Waals surface area contributed by atoms with Crippen LogP contribution in [0, 0.1) is 19.3 Å². The Labute approximate surface area is 169 Å². The van der Waals surface area contributed by atoms with Crippen LogP contribution in [0.4, 0.5) is 23.4 Å². The summed E-state index contributed by atoms with van der Waals surface area (Å²) in [6.07, 6.45) is -3.29. The average molecular weight is 424 g/mol. The zero-order valence-corrected chi connectivity index (χ0v) is 16.6. The molecule has 1 atom stereocenters. The van der Waals surface area contributed by atoms with Gasteiger partial charge in [0.05, 0.1) is 17.6 Å². The van der Waals surface area contributed by atoms with E-state index in [-0.39, 0.29) is 25.1 Å². The molecule has 4 rings (SSSR count). The first-order valence-corrected chi connectivity index (χ1v) is 9.38. The summed E-state index contributed by atoms with van der Waals surface area (Å²) in [6, 6.07) is 4.78. The summed E-state index contributed by atoms with van der Waals surface area (Å²) in [5.41, 5.74) is 1.02. The molecule has 0 spiro atoms. The van der Waals surface area contributed by atoms with Crippen LogP contribution in [0.1, 0.15) is 48.9 Å². The second kappa shape index (κ2) is 6.82. The number of nitrogens with one attached hydrogen (secondary N) is 1. The van der Waals surface area contributed by atoms with Crippen LogP contribution in [0.15, 0.2) is 22.7 Å². The van der Waals surface area contributed by atoms with E-state index in [1.54, 1.807) is 19.1 Å². The second-order valence-corrected chi connectivity index (χ2v) is 8.12. The van der Waals surface area contributed by atoms with Gasteiger partial charge >= 0.3 is 0 Å². The van der Waals surface area contributed by atoms with Crippen LogP contribution in [-0.2, 0) is 11.3 Å². The number of hydrogen-bond acceptors (Lipinski definition) is 4. The van der Waals surface area contributed by atoms with Crippen LogP contribution >= 0.6 is 0 Å². The lowest BCUT2D eigenvalue weighted by Gasteiger charge is -2.12. The molecule has 10 heteroatoms. The smallest absolute Gasteiger partial charge is 0.283 e. The highest BCUT2D eigenvalue weighted by Crippen LogP contribution is 2.62. The summed E-state index contributed by atoms with van der Waals surface area (Å²) in [7, 11) is 0. The standard InChI is InChI=1S/C20H20F4N4O2/c1-10-4-15-13(25-18(10)26-16(29)7-19(3)9-20(19,23)24)5-11(2)28(15)8-12-6-14(17(21)22)27-30-12/h4-6,17H,7-9H2,1-3H3,(H,25,26,29)/t19-/m0/s1. The fourth-order valence-corrected chi connectivity index (χ4v) is 3.57. The number of carbonyl (C=O) groups excluding carboxylic acids is 1. The molecule has 0 saturated heterocycles. The molecule has 1 fully saturated rings. The Kier molecular flexibility index (Phi) is 4.63. The van der Waals surface area contributed by atoms with Crippen molar-refractivity contribution < 1.29 is 26.9 Å². The maximum absolute atomic E-state index is 13.4. The van der Waals surface area contributed by atoms with Gasteiger partial charge in [0.1, 0.15) is 11.5 Å². The van der Waals surface area contributed by atoms with E-state index < -0.39 is 29.4 Å². The Morgan fingerprint density at radius 2 is 2.00 bits per heavy atom. The Morgan fingerprint density at radius 3 is 2.60 bits per heavy atom. The molecule has 0 bridgehead atoms. The summed E-state index contributed by atoms with van der Waals surface area (Å²) in [5.74, 6) is -2.74. The molecule has 0 unspecified atom stereocenters. The highest BCUT2D eigenvalue weighted by molar-refractivity contribution is 5.93. The fourth-order valence-electron chi connectivity index (χ4n) is 3.57. The van der Waals surface area contributed by atoms with Gasteiger partial charge in [0.15, 0.2) is 5.76 Å². The lowest BCUT2D eigenvalue weighted by atomic mass is 10.0. The molecule has 1 amide bonds. The molecule has 3 heterocycles. The average Bonchev–Trinajstić information content (AvgIpc) is 2.97.